The maximum absolute atomic E-state index is 12.5. The van der Waals surface area contributed by atoms with E-state index in [4.69, 9.17) is 8.83 Å². The fraction of sp³-hybridized carbons (Fsp3) is 0.217. The summed E-state index contributed by atoms with van der Waals surface area (Å²) in [6.07, 6.45) is 6.02. The third-order valence-corrected chi connectivity index (χ3v) is 6.65. The number of carbonyl (C=O) groups is 2. The van der Waals surface area contributed by atoms with Gasteiger partial charge < -0.3 is 18.6 Å². The lowest BCUT2D eigenvalue weighted by Gasteiger charge is -2.33. The molecule has 3 heterocycles. The minimum atomic E-state index is -3.68. The van der Waals surface area contributed by atoms with Gasteiger partial charge in [-0.2, -0.15) is 0 Å². The molecule has 1 saturated heterocycles. The number of carbonyl (C=O) groups excluding carboxylic acids is 2. The van der Waals surface area contributed by atoms with E-state index in [9.17, 15) is 18.0 Å². The Morgan fingerprint density at radius 3 is 2.21 bits per heavy atom. The summed E-state index contributed by atoms with van der Waals surface area (Å²) in [5.41, 5.74) is 0.694. The monoisotopic (exact) mass is 469 g/mol. The van der Waals surface area contributed by atoms with Gasteiger partial charge in [-0.1, -0.05) is 12.1 Å². The van der Waals surface area contributed by atoms with Crippen LogP contribution in [0.1, 0.15) is 21.9 Å². The Balaban J connectivity index is 1.29. The molecule has 172 valence electrons. The first kappa shape index (κ1) is 22.6. The van der Waals surface area contributed by atoms with Crippen LogP contribution in [0.25, 0.3) is 6.08 Å². The average molecular weight is 470 g/mol. The number of furan rings is 2. The predicted octanol–water partition coefficient (Wildman–Crippen LogP) is 2.35. The third-order valence-electron chi connectivity index (χ3n) is 5.24. The molecule has 0 aliphatic carbocycles. The van der Waals surface area contributed by atoms with E-state index in [1.54, 1.807) is 52.3 Å². The number of hydrogen-bond donors (Lipinski definition) is 1. The summed E-state index contributed by atoms with van der Waals surface area (Å²) in [4.78, 5) is 28.3. The van der Waals surface area contributed by atoms with Gasteiger partial charge in [-0.05, 0) is 48.0 Å². The second kappa shape index (κ2) is 9.88. The smallest absolute Gasteiger partial charge is 0.289 e. The van der Waals surface area contributed by atoms with Gasteiger partial charge in [0.2, 0.25) is 15.9 Å². The summed E-state index contributed by atoms with van der Waals surface area (Å²) >= 11 is 0. The van der Waals surface area contributed by atoms with Gasteiger partial charge in [-0.3, -0.25) is 9.59 Å². The van der Waals surface area contributed by atoms with E-state index in [-0.39, 0.29) is 29.0 Å². The summed E-state index contributed by atoms with van der Waals surface area (Å²) in [5, 5.41) is 0. The molecule has 0 bridgehead atoms. The van der Waals surface area contributed by atoms with Crippen molar-refractivity contribution in [3.8, 4) is 0 Å². The Bertz CT molecular complexity index is 1210. The van der Waals surface area contributed by atoms with Crippen LogP contribution >= 0.6 is 0 Å². The molecule has 0 spiro atoms. The van der Waals surface area contributed by atoms with Gasteiger partial charge in [-0.15, -0.1) is 0 Å². The van der Waals surface area contributed by atoms with E-state index >= 15 is 0 Å². The predicted molar refractivity (Wildman–Crippen MR) is 119 cm³/mol. The molecule has 3 aromatic rings. The molecule has 4 rings (SSSR count). The van der Waals surface area contributed by atoms with Crippen LogP contribution in [0.5, 0.6) is 0 Å². The van der Waals surface area contributed by atoms with Crippen LogP contribution in [0, 0.1) is 0 Å². The Labute approximate surface area is 191 Å². The Hall–Kier alpha value is -3.63. The molecule has 9 nitrogen and oxygen atoms in total. The lowest BCUT2D eigenvalue weighted by atomic mass is 10.2. The maximum Gasteiger partial charge on any atom is 0.289 e. The fourth-order valence-electron chi connectivity index (χ4n) is 3.38. The second-order valence-electron chi connectivity index (χ2n) is 7.40. The van der Waals surface area contributed by atoms with E-state index in [2.05, 4.69) is 4.72 Å². The first-order valence-electron chi connectivity index (χ1n) is 10.3. The van der Waals surface area contributed by atoms with Gasteiger partial charge in [-0.25, -0.2) is 13.1 Å². The van der Waals surface area contributed by atoms with Crippen LogP contribution in [-0.2, 0) is 21.4 Å². The SMILES string of the molecule is O=C(/C=C/c1ccc(S(=O)(=O)NCc2ccco2)cc1)N1CCN(C(=O)c2ccco2)CC1. The zero-order valence-electron chi connectivity index (χ0n) is 17.7. The van der Waals surface area contributed by atoms with Crippen molar-refractivity contribution in [2.75, 3.05) is 26.2 Å². The first-order valence-corrected chi connectivity index (χ1v) is 11.8. The molecule has 0 unspecified atom stereocenters. The molecule has 2 aromatic heterocycles. The average Bonchev–Trinajstić information content (AvgIpc) is 3.56. The number of sulfonamides is 1. The van der Waals surface area contributed by atoms with Crippen molar-refractivity contribution in [2.45, 2.75) is 11.4 Å². The van der Waals surface area contributed by atoms with Gasteiger partial charge in [0, 0.05) is 32.3 Å². The molecule has 2 amide bonds. The highest BCUT2D eigenvalue weighted by molar-refractivity contribution is 7.89. The second-order valence-corrected chi connectivity index (χ2v) is 9.17. The maximum atomic E-state index is 12.5. The number of rotatable bonds is 7. The first-order chi connectivity index (χ1) is 15.9. The largest absolute Gasteiger partial charge is 0.468 e. The van der Waals surface area contributed by atoms with E-state index in [0.717, 1.165) is 0 Å². The van der Waals surface area contributed by atoms with Crippen molar-refractivity contribution in [2.24, 2.45) is 0 Å². The summed E-state index contributed by atoms with van der Waals surface area (Å²) < 4.78 is 37.5. The molecule has 1 aromatic carbocycles. The quantitative estimate of drug-likeness (QED) is 0.532. The molecular formula is C23H23N3O6S. The van der Waals surface area contributed by atoms with Gasteiger partial charge >= 0.3 is 0 Å². The van der Waals surface area contributed by atoms with E-state index < -0.39 is 10.0 Å². The summed E-state index contributed by atoms with van der Waals surface area (Å²) in [7, 11) is -3.68. The lowest BCUT2D eigenvalue weighted by molar-refractivity contribution is -0.127. The van der Waals surface area contributed by atoms with Crippen molar-refractivity contribution in [1.82, 2.24) is 14.5 Å². The molecule has 10 heteroatoms. The molecule has 33 heavy (non-hydrogen) atoms. The van der Waals surface area contributed by atoms with Crippen LogP contribution in [0.3, 0.4) is 0 Å². The highest BCUT2D eigenvalue weighted by Crippen LogP contribution is 2.14. The third kappa shape index (κ3) is 5.60. The number of nitrogens with zero attached hydrogens (tertiary/aromatic N) is 2. The molecule has 1 fully saturated rings. The molecule has 0 saturated carbocycles. The normalized spacial score (nSPS) is 14.7. The van der Waals surface area contributed by atoms with Crippen LogP contribution in [-0.4, -0.2) is 56.2 Å². The number of piperazine rings is 1. The summed E-state index contributed by atoms with van der Waals surface area (Å²) in [6.45, 7) is 1.77. The van der Waals surface area contributed by atoms with Crippen LogP contribution in [0.15, 0.2) is 80.9 Å². The van der Waals surface area contributed by atoms with Gasteiger partial charge in [0.05, 0.1) is 24.0 Å². The molecule has 0 radical (unpaired) electrons. The molecule has 1 aliphatic rings. The Kier molecular flexibility index (Phi) is 6.76. The lowest BCUT2D eigenvalue weighted by Crippen LogP contribution is -2.50. The standard InChI is InChI=1S/C23H23N3O6S/c27-22(25-11-13-26(14-12-25)23(28)21-4-2-16-32-21)10-7-18-5-8-20(9-6-18)33(29,30)24-17-19-3-1-15-31-19/h1-10,15-16,24H,11-14,17H2/b10-7+. The Morgan fingerprint density at radius 1 is 0.909 bits per heavy atom. The van der Waals surface area contributed by atoms with E-state index in [1.807, 2.05) is 0 Å². The molecule has 0 atom stereocenters. The van der Waals surface area contributed by atoms with Crippen molar-refractivity contribution >= 4 is 27.9 Å². The van der Waals surface area contributed by atoms with Crippen molar-refractivity contribution in [3.63, 3.8) is 0 Å². The van der Waals surface area contributed by atoms with Gasteiger partial charge in [0.15, 0.2) is 5.76 Å². The minimum Gasteiger partial charge on any atom is -0.468 e. The minimum absolute atomic E-state index is 0.0614. The van der Waals surface area contributed by atoms with Gasteiger partial charge in [0.1, 0.15) is 5.76 Å². The molecule has 1 aliphatic heterocycles. The van der Waals surface area contributed by atoms with Crippen molar-refractivity contribution in [1.29, 1.82) is 0 Å². The zero-order valence-corrected chi connectivity index (χ0v) is 18.5. The zero-order chi connectivity index (χ0) is 23.3. The number of amides is 2. The summed E-state index contributed by atoms with van der Waals surface area (Å²) in [6, 6.07) is 12.9. The topological polar surface area (TPSA) is 113 Å². The molecule has 1 N–H and O–H groups in total. The number of benzene rings is 1. The fourth-order valence-corrected chi connectivity index (χ4v) is 4.37. The molecular weight excluding hydrogens is 446 g/mol. The highest BCUT2D eigenvalue weighted by Gasteiger charge is 2.25. The van der Waals surface area contributed by atoms with Crippen molar-refractivity contribution < 1.29 is 26.8 Å². The van der Waals surface area contributed by atoms with Crippen LogP contribution < -0.4 is 4.72 Å². The number of nitrogens with one attached hydrogen (secondary N) is 1. The Morgan fingerprint density at radius 2 is 1.58 bits per heavy atom. The summed E-state index contributed by atoms with van der Waals surface area (Å²) in [5.74, 6) is 0.451. The van der Waals surface area contributed by atoms with Gasteiger partial charge in [0.25, 0.3) is 5.91 Å². The highest BCUT2D eigenvalue weighted by atomic mass is 32.2. The van der Waals surface area contributed by atoms with Crippen LogP contribution in [0.4, 0.5) is 0 Å². The van der Waals surface area contributed by atoms with Crippen molar-refractivity contribution in [3.05, 3.63) is 84.2 Å². The number of hydrogen-bond acceptors (Lipinski definition) is 6. The van der Waals surface area contributed by atoms with Crippen LogP contribution in [0.2, 0.25) is 0 Å². The van der Waals surface area contributed by atoms with E-state index in [1.165, 1.54) is 30.7 Å². The van der Waals surface area contributed by atoms with E-state index in [0.29, 0.717) is 37.5 Å².